The van der Waals surface area contributed by atoms with Crippen LogP contribution in [0.2, 0.25) is 0 Å². The molecule has 0 N–H and O–H groups in total. The number of rotatable bonds is 5. The average molecular weight is 345 g/mol. The van der Waals surface area contributed by atoms with Crippen molar-refractivity contribution >= 4 is 13.8 Å². The van der Waals surface area contributed by atoms with Crippen LogP contribution in [0.3, 0.4) is 0 Å². The van der Waals surface area contributed by atoms with Crippen LogP contribution < -0.4 is 0 Å². The minimum atomic E-state index is -0.313. The highest BCUT2D eigenvalue weighted by Gasteiger charge is 2.49. The van der Waals surface area contributed by atoms with Gasteiger partial charge in [-0.2, -0.15) is 0 Å². The molecule has 0 spiro atoms. The molecule has 0 saturated carbocycles. The van der Waals surface area contributed by atoms with Crippen LogP contribution in [-0.2, 0) is 9.31 Å². The van der Waals surface area contributed by atoms with E-state index in [0.717, 1.165) is 37.6 Å². The lowest BCUT2D eigenvalue weighted by atomic mass is 9.89. The Morgan fingerprint density at radius 1 is 1.04 bits per heavy atom. The van der Waals surface area contributed by atoms with Crippen LogP contribution >= 0.6 is 0 Å². The van der Waals surface area contributed by atoms with Gasteiger partial charge in [-0.3, -0.25) is 0 Å². The van der Waals surface area contributed by atoms with E-state index >= 15 is 0 Å². The fourth-order valence-corrected chi connectivity index (χ4v) is 2.75. The van der Waals surface area contributed by atoms with E-state index in [9.17, 15) is 0 Å². The minimum Gasteiger partial charge on any atom is -0.400 e. The molecule has 6 heteroatoms. The van der Waals surface area contributed by atoms with Crippen molar-refractivity contribution in [3.8, 4) is 0 Å². The van der Waals surface area contributed by atoms with Gasteiger partial charge in [0.15, 0.2) is 0 Å². The Kier molecular flexibility index (Phi) is 6.30. The first-order valence-electron chi connectivity index (χ1n) is 8.97. The van der Waals surface area contributed by atoms with Crippen LogP contribution in [0.25, 0.3) is 0 Å². The maximum atomic E-state index is 5.97. The zero-order valence-corrected chi connectivity index (χ0v) is 16.6. The standard InChI is InChI=1S/C19H32BN3O2/c1-16(10-11-20-24-18(2,3)19(4,5)25-20)8-9-17(21-6)23-14-12-22(7)13-15-23/h8-11H,6,12-15H2,1-5,7H3/b11-10+,16-8+,17-9+. The zero-order valence-electron chi connectivity index (χ0n) is 16.6. The van der Waals surface area contributed by atoms with Gasteiger partial charge in [0.2, 0.25) is 0 Å². The lowest BCUT2D eigenvalue weighted by Crippen LogP contribution is -2.43. The molecular weight excluding hydrogens is 313 g/mol. The smallest absolute Gasteiger partial charge is 0.400 e. The summed E-state index contributed by atoms with van der Waals surface area (Å²) in [6.07, 6.45) is 6.12. The summed E-state index contributed by atoms with van der Waals surface area (Å²) in [5.41, 5.74) is 0.506. The predicted octanol–water partition coefficient (Wildman–Crippen LogP) is 2.91. The summed E-state index contributed by atoms with van der Waals surface area (Å²) >= 11 is 0. The molecule has 0 unspecified atom stereocenters. The minimum absolute atomic E-state index is 0.305. The predicted molar refractivity (Wildman–Crippen MR) is 106 cm³/mol. The molecule has 0 aromatic heterocycles. The third-order valence-corrected chi connectivity index (χ3v) is 5.27. The molecular formula is C19H32BN3O2. The van der Waals surface area contributed by atoms with Crippen LogP contribution in [0.15, 0.2) is 40.6 Å². The van der Waals surface area contributed by atoms with E-state index in [1.165, 1.54) is 0 Å². The lowest BCUT2D eigenvalue weighted by Gasteiger charge is -2.33. The van der Waals surface area contributed by atoms with Crippen LogP contribution in [0.1, 0.15) is 34.6 Å². The molecule has 2 fully saturated rings. The number of hydrogen-bond acceptors (Lipinski definition) is 5. The number of aliphatic imine (C=N–C) groups is 1. The van der Waals surface area contributed by atoms with Crippen LogP contribution in [0.5, 0.6) is 0 Å². The van der Waals surface area contributed by atoms with Gasteiger partial charge in [0, 0.05) is 26.2 Å². The monoisotopic (exact) mass is 345 g/mol. The van der Waals surface area contributed by atoms with Crippen molar-refractivity contribution in [2.24, 2.45) is 4.99 Å². The highest BCUT2D eigenvalue weighted by molar-refractivity contribution is 6.51. The lowest BCUT2D eigenvalue weighted by molar-refractivity contribution is 0.00578. The largest absolute Gasteiger partial charge is 0.487 e. The second-order valence-corrected chi connectivity index (χ2v) is 7.87. The van der Waals surface area contributed by atoms with Crippen LogP contribution in [-0.4, -0.2) is 68.1 Å². The fraction of sp³-hybridized carbons (Fsp3) is 0.632. The summed E-state index contributed by atoms with van der Waals surface area (Å²) in [7, 11) is 1.83. The molecule has 2 aliphatic heterocycles. The molecule has 2 saturated heterocycles. The van der Waals surface area contributed by atoms with E-state index in [4.69, 9.17) is 9.31 Å². The topological polar surface area (TPSA) is 37.3 Å². The molecule has 0 amide bonds. The van der Waals surface area contributed by atoms with Gasteiger partial charge in [0.25, 0.3) is 0 Å². The SMILES string of the molecule is C=N\C(=C/C=C(C)/C=C/B1OC(C)(C)C(C)(C)O1)N1CCN(C)CC1. The van der Waals surface area contributed by atoms with Gasteiger partial charge in [0.1, 0.15) is 5.82 Å². The van der Waals surface area contributed by atoms with Gasteiger partial charge in [0.05, 0.1) is 11.2 Å². The summed E-state index contributed by atoms with van der Waals surface area (Å²) in [6.45, 7) is 18.1. The summed E-state index contributed by atoms with van der Waals surface area (Å²) in [5, 5.41) is 0. The van der Waals surface area contributed by atoms with E-state index < -0.39 is 0 Å². The number of hydrogen-bond donors (Lipinski definition) is 0. The van der Waals surface area contributed by atoms with Crippen molar-refractivity contribution in [2.75, 3.05) is 33.2 Å². The van der Waals surface area contributed by atoms with Gasteiger partial charge < -0.3 is 19.1 Å². The molecule has 5 nitrogen and oxygen atoms in total. The molecule has 2 aliphatic rings. The Labute approximate surface area is 153 Å². The van der Waals surface area contributed by atoms with Crippen LogP contribution in [0.4, 0.5) is 0 Å². The number of likely N-dealkylation sites (N-methyl/N-ethyl adjacent to an activating group) is 1. The van der Waals surface area contributed by atoms with Gasteiger partial charge in [-0.05, 0) is 54.5 Å². The first-order valence-corrected chi connectivity index (χ1v) is 8.97. The Hall–Kier alpha value is -1.37. The third-order valence-electron chi connectivity index (χ3n) is 5.27. The maximum absolute atomic E-state index is 5.97. The van der Waals surface area contributed by atoms with E-state index in [-0.39, 0.29) is 18.3 Å². The van der Waals surface area contributed by atoms with Crippen molar-refractivity contribution in [1.29, 1.82) is 0 Å². The average Bonchev–Trinajstić information content (AvgIpc) is 2.75. The molecule has 2 heterocycles. The van der Waals surface area contributed by atoms with Gasteiger partial charge in [-0.25, -0.2) is 4.99 Å². The zero-order chi connectivity index (χ0) is 18.7. The first-order chi connectivity index (χ1) is 11.6. The normalized spacial score (nSPS) is 25.0. The molecule has 0 aliphatic carbocycles. The quantitative estimate of drug-likeness (QED) is 0.436. The molecule has 2 rings (SSSR count). The van der Waals surface area contributed by atoms with Crippen molar-refractivity contribution in [2.45, 2.75) is 45.8 Å². The molecule has 25 heavy (non-hydrogen) atoms. The van der Waals surface area contributed by atoms with E-state index in [1.54, 1.807) is 0 Å². The highest BCUT2D eigenvalue weighted by Crippen LogP contribution is 2.36. The van der Waals surface area contributed by atoms with E-state index in [1.807, 2.05) is 18.1 Å². The number of nitrogens with zero attached hydrogens (tertiary/aromatic N) is 3. The summed E-state index contributed by atoms with van der Waals surface area (Å²) in [5.74, 6) is 2.89. The van der Waals surface area contributed by atoms with Crippen molar-refractivity contribution < 1.29 is 9.31 Å². The third kappa shape index (κ3) is 5.06. The summed E-state index contributed by atoms with van der Waals surface area (Å²) < 4.78 is 11.9. The fourth-order valence-electron chi connectivity index (χ4n) is 2.75. The summed E-state index contributed by atoms with van der Waals surface area (Å²) in [4.78, 5) is 8.78. The van der Waals surface area contributed by atoms with Crippen molar-refractivity contribution in [3.63, 3.8) is 0 Å². The second kappa shape index (κ2) is 7.89. The Bertz CT molecular complexity index is 557. The molecule has 0 bridgehead atoms. The van der Waals surface area contributed by atoms with E-state index in [2.05, 4.69) is 69.3 Å². The molecule has 138 valence electrons. The first kappa shape index (κ1) is 20.0. The van der Waals surface area contributed by atoms with E-state index in [0.29, 0.717) is 0 Å². The molecule has 0 radical (unpaired) electrons. The summed E-state index contributed by atoms with van der Waals surface area (Å²) in [6, 6.07) is 0. The van der Waals surface area contributed by atoms with Crippen LogP contribution in [0, 0.1) is 0 Å². The Morgan fingerprint density at radius 2 is 1.60 bits per heavy atom. The van der Waals surface area contributed by atoms with Gasteiger partial charge in [-0.1, -0.05) is 23.7 Å². The molecule has 0 aromatic rings. The van der Waals surface area contributed by atoms with Gasteiger partial charge in [-0.15, -0.1) is 0 Å². The number of piperazine rings is 1. The molecule has 0 atom stereocenters. The van der Waals surface area contributed by atoms with Gasteiger partial charge >= 0.3 is 7.12 Å². The number of allylic oxidation sites excluding steroid dienone is 4. The highest BCUT2D eigenvalue weighted by atomic mass is 16.7. The maximum Gasteiger partial charge on any atom is 0.487 e. The Balaban J connectivity index is 1.97. The van der Waals surface area contributed by atoms with Crippen molar-refractivity contribution in [1.82, 2.24) is 9.80 Å². The Morgan fingerprint density at radius 3 is 2.12 bits per heavy atom. The van der Waals surface area contributed by atoms with Crippen molar-refractivity contribution in [3.05, 3.63) is 35.6 Å². The molecule has 0 aromatic carbocycles. The second-order valence-electron chi connectivity index (χ2n) is 7.87.